The summed E-state index contributed by atoms with van der Waals surface area (Å²) in [4.78, 5) is 6.54. The van der Waals surface area contributed by atoms with Crippen LogP contribution in [0.15, 0.2) is 24.5 Å². The minimum atomic E-state index is 0.243. The number of rotatable bonds is 5. The Morgan fingerprint density at radius 2 is 2.17 bits per heavy atom. The van der Waals surface area contributed by atoms with E-state index in [2.05, 4.69) is 36.0 Å². The summed E-state index contributed by atoms with van der Waals surface area (Å²) in [5.74, 6) is 0.817. The molecule has 2 atom stereocenters. The lowest BCUT2D eigenvalue weighted by molar-refractivity contribution is 0.129. The highest BCUT2D eigenvalue weighted by Gasteiger charge is 2.39. The molecule has 0 amide bonds. The fourth-order valence-corrected chi connectivity index (χ4v) is 3.14. The fourth-order valence-electron chi connectivity index (χ4n) is 3.14. The lowest BCUT2D eigenvalue weighted by atomic mass is 9.94. The Balaban J connectivity index is 1.92. The number of nitrogens with two attached hydrogens (primary N) is 1. The van der Waals surface area contributed by atoms with E-state index < -0.39 is 0 Å². The minimum Gasteiger partial charge on any atom is -0.329 e. The number of hydrogen-bond acceptors (Lipinski definition) is 3. The molecule has 2 N–H and O–H groups in total. The molecule has 0 aromatic carbocycles. The average molecular weight is 247 g/mol. The zero-order valence-corrected chi connectivity index (χ0v) is 11.6. The molecule has 18 heavy (non-hydrogen) atoms. The number of likely N-dealkylation sites (N-methyl/N-ethyl adjacent to an activating group) is 1. The molecule has 1 aliphatic rings. The van der Waals surface area contributed by atoms with Crippen LogP contribution in [0.1, 0.15) is 31.7 Å². The maximum absolute atomic E-state index is 6.05. The lowest BCUT2D eigenvalue weighted by Gasteiger charge is -2.38. The molecule has 1 heterocycles. The molecular formula is C15H25N3. The van der Waals surface area contributed by atoms with Crippen molar-refractivity contribution in [2.45, 2.75) is 38.1 Å². The van der Waals surface area contributed by atoms with E-state index in [1.165, 1.54) is 24.8 Å². The van der Waals surface area contributed by atoms with Crippen LogP contribution in [0, 0.1) is 5.92 Å². The predicted octanol–water partition coefficient (Wildman–Crippen LogP) is 2.07. The Kier molecular flexibility index (Phi) is 4.36. The van der Waals surface area contributed by atoms with Gasteiger partial charge < -0.3 is 5.73 Å². The van der Waals surface area contributed by atoms with Gasteiger partial charge in [-0.25, -0.2) is 0 Å². The largest absolute Gasteiger partial charge is 0.329 e. The normalized spacial score (nSPS) is 27.9. The maximum atomic E-state index is 6.05. The van der Waals surface area contributed by atoms with Crippen molar-refractivity contribution in [3.8, 4) is 0 Å². The average Bonchev–Trinajstić information content (AvgIpc) is 2.80. The first-order valence-corrected chi connectivity index (χ1v) is 6.96. The van der Waals surface area contributed by atoms with Crippen molar-refractivity contribution in [2.24, 2.45) is 11.7 Å². The van der Waals surface area contributed by atoms with Gasteiger partial charge in [-0.2, -0.15) is 0 Å². The minimum absolute atomic E-state index is 0.243. The summed E-state index contributed by atoms with van der Waals surface area (Å²) in [5, 5.41) is 0. The lowest BCUT2D eigenvalue weighted by Crippen LogP contribution is -2.50. The quantitative estimate of drug-likeness (QED) is 0.866. The molecule has 0 bridgehead atoms. The molecule has 0 saturated heterocycles. The number of aromatic nitrogens is 1. The van der Waals surface area contributed by atoms with E-state index in [1.54, 1.807) is 0 Å². The van der Waals surface area contributed by atoms with E-state index in [9.17, 15) is 0 Å². The molecule has 3 heteroatoms. The van der Waals surface area contributed by atoms with Gasteiger partial charge in [-0.1, -0.05) is 6.92 Å². The Morgan fingerprint density at radius 3 is 2.72 bits per heavy atom. The Bertz CT molecular complexity index is 365. The Labute approximate surface area is 110 Å². The van der Waals surface area contributed by atoms with Gasteiger partial charge >= 0.3 is 0 Å². The van der Waals surface area contributed by atoms with Crippen molar-refractivity contribution in [3.63, 3.8) is 0 Å². The molecule has 0 radical (unpaired) electrons. The van der Waals surface area contributed by atoms with Crippen LogP contribution >= 0.6 is 0 Å². The predicted molar refractivity (Wildman–Crippen MR) is 75.4 cm³/mol. The van der Waals surface area contributed by atoms with Crippen LogP contribution in [0.4, 0.5) is 0 Å². The van der Waals surface area contributed by atoms with Crippen molar-refractivity contribution in [3.05, 3.63) is 30.1 Å². The van der Waals surface area contributed by atoms with Gasteiger partial charge in [0.05, 0.1) is 0 Å². The van der Waals surface area contributed by atoms with Crippen molar-refractivity contribution >= 4 is 0 Å². The van der Waals surface area contributed by atoms with Gasteiger partial charge in [-0.05, 0) is 56.3 Å². The summed E-state index contributed by atoms with van der Waals surface area (Å²) >= 11 is 0. The Morgan fingerprint density at radius 1 is 1.44 bits per heavy atom. The summed E-state index contributed by atoms with van der Waals surface area (Å²) in [6.45, 7) is 4.20. The second kappa shape index (κ2) is 5.81. The van der Waals surface area contributed by atoms with Crippen molar-refractivity contribution < 1.29 is 0 Å². The van der Waals surface area contributed by atoms with Crippen LogP contribution in [-0.2, 0) is 6.42 Å². The van der Waals surface area contributed by atoms with Crippen LogP contribution < -0.4 is 5.73 Å². The second-order valence-corrected chi connectivity index (χ2v) is 5.80. The molecule has 3 nitrogen and oxygen atoms in total. The first-order valence-electron chi connectivity index (χ1n) is 6.96. The topological polar surface area (TPSA) is 42.1 Å². The second-order valence-electron chi connectivity index (χ2n) is 5.80. The molecule has 100 valence electrons. The number of hydrogen-bond donors (Lipinski definition) is 1. The van der Waals surface area contributed by atoms with Gasteiger partial charge in [0.2, 0.25) is 0 Å². The standard InChI is InChI=1S/C15H25N3/c1-13-3-7-15(11-13,12-16)18(2)10-6-14-4-8-17-9-5-14/h4-5,8-9,13H,3,6-7,10-12,16H2,1-2H3. The van der Waals surface area contributed by atoms with Gasteiger partial charge in [0.15, 0.2) is 0 Å². The zero-order valence-electron chi connectivity index (χ0n) is 11.6. The first kappa shape index (κ1) is 13.5. The van der Waals surface area contributed by atoms with Crippen LogP contribution in [0.5, 0.6) is 0 Å². The van der Waals surface area contributed by atoms with Crippen LogP contribution in [0.3, 0.4) is 0 Å². The highest BCUT2D eigenvalue weighted by molar-refractivity contribution is 5.10. The van der Waals surface area contributed by atoms with Gasteiger partial charge in [-0.3, -0.25) is 9.88 Å². The molecule has 1 saturated carbocycles. The van der Waals surface area contributed by atoms with E-state index in [1.807, 2.05) is 12.4 Å². The zero-order chi connectivity index (χ0) is 13.0. The third-order valence-electron chi connectivity index (χ3n) is 4.51. The third-order valence-corrected chi connectivity index (χ3v) is 4.51. The van der Waals surface area contributed by atoms with Crippen molar-refractivity contribution in [1.82, 2.24) is 9.88 Å². The fraction of sp³-hybridized carbons (Fsp3) is 0.667. The van der Waals surface area contributed by atoms with Gasteiger partial charge in [0.1, 0.15) is 0 Å². The Hall–Kier alpha value is -0.930. The van der Waals surface area contributed by atoms with E-state index >= 15 is 0 Å². The van der Waals surface area contributed by atoms with Crippen molar-refractivity contribution in [1.29, 1.82) is 0 Å². The third kappa shape index (κ3) is 2.90. The molecule has 2 unspecified atom stereocenters. The van der Waals surface area contributed by atoms with E-state index in [-0.39, 0.29) is 5.54 Å². The number of nitrogens with zero attached hydrogens (tertiary/aromatic N) is 2. The summed E-state index contributed by atoms with van der Waals surface area (Å²) in [6, 6.07) is 4.19. The van der Waals surface area contributed by atoms with Crippen LogP contribution in [-0.4, -0.2) is 35.6 Å². The van der Waals surface area contributed by atoms with E-state index in [4.69, 9.17) is 5.73 Å². The monoisotopic (exact) mass is 247 g/mol. The van der Waals surface area contributed by atoms with Crippen LogP contribution in [0.2, 0.25) is 0 Å². The van der Waals surface area contributed by atoms with Crippen LogP contribution in [0.25, 0.3) is 0 Å². The van der Waals surface area contributed by atoms with E-state index in [0.29, 0.717) is 0 Å². The first-order chi connectivity index (χ1) is 8.66. The maximum Gasteiger partial charge on any atom is 0.0331 e. The van der Waals surface area contributed by atoms with Crippen molar-refractivity contribution in [2.75, 3.05) is 20.1 Å². The van der Waals surface area contributed by atoms with E-state index in [0.717, 1.165) is 25.4 Å². The summed E-state index contributed by atoms with van der Waals surface area (Å²) < 4.78 is 0. The summed E-state index contributed by atoms with van der Waals surface area (Å²) in [6.07, 6.45) is 8.62. The molecule has 2 rings (SSSR count). The highest BCUT2D eigenvalue weighted by atomic mass is 15.2. The summed E-state index contributed by atoms with van der Waals surface area (Å²) in [5.41, 5.74) is 7.65. The molecule has 1 aromatic heterocycles. The highest BCUT2D eigenvalue weighted by Crippen LogP contribution is 2.37. The van der Waals surface area contributed by atoms with Gasteiger partial charge in [-0.15, -0.1) is 0 Å². The molecule has 1 fully saturated rings. The molecule has 0 aliphatic heterocycles. The van der Waals surface area contributed by atoms with Gasteiger partial charge in [0, 0.05) is 31.0 Å². The molecule has 0 spiro atoms. The molecule has 1 aromatic rings. The molecular weight excluding hydrogens is 222 g/mol. The van der Waals surface area contributed by atoms with Gasteiger partial charge in [0.25, 0.3) is 0 Å². The smallest absolute Gasteiger partial charge is 0.0331 e. The SMILES string of the molecule is CC1CCC(CN)(N(C)CCc2ccncc2)C1. The summed E-state index contributed by atoms with van der Waals surface area (Å²) in [7, 11) is 2.23. The number of pyridine rings is 1. The molecule has 1 aliphatic carbocycles.